The Morgan fingerprint density at radius 1 is 1.10 bits per heavy atom. The lowest BCUT2D eigenvalue weighted by Gasteiger charge is -2.06. The van der Waals surface area contributed by atoms with E-state index < -0.39 is 10.0 Å². The predicted octanol–water partition coefficient (Wildman–Crippen LogP) is 3.71. The number of ketones is 1. The number of nitrogens with one attached hydrogen (secondary N) is 1. The van der Waals surface area contributed by atoms with Crippen LogP contribution in [0.5, 0.6) is 0 Å². The first kappa shape index (κ1) is 16.0. The standard InChI is InChI=1S/C14H11BrClNO3S/c1-21(19,20)17-11-5-2-9(3-6-11)14(18)10-4-7-13(16)12(15)8-10/h2-8,17H,1H3. The molecule has 0 aliphatic heterocycles. The van der Waals surface area contributed by atoms with Gasteiger partial charge in [0.2, 0.25) is 10.0 Å². The highest BCUT2D eigenvalue weighted by atomic mass is 79.9. The van der Waals surface area contributed by atoms with Gasteiger partial charge in [-0.25, -0.2) is 8.42 Å². The summed E-state index contributed by atoms with van der Waals surface area (Å²) in [5.74, 6) is -0.168. The summed E-state index contributed by atoms with van der Waals surface area (Å²) < 4.78 is 25.2. The summed E-state index contributed by atoms with van der Waals surface area (Å²) in [7, 11) is -3.33. The van der Waals surface area contributed by atoms with E-state index >= 15 is 0 Å². The highest BCUT2D eigenvalue weighted by molar-refractivity contribution is 9.10. The monoisotopic (exact) mass is 387 g/mol. The second-order valence-electron chi connectivity index (χ2n) is 4.41. The summed E-state index contributed by atoms with van der Waals surface area (Å²) in [6, 6.07) is 11.1. The van der Waals surface area contributed by atoms with Crippen LogP contribution < -0.4 is 4.72 Å². The molecule has 21 heavy (non-hydrogen) atoms. The zero-order valence-electron chi connectivity index (χ0n) is 10.9. The molecule has 0 saturated heterocycles. The van der Waals surface area contributed by atoms with Crippen molar-refractivity contribution >= 4 is 49.0 Å². The molecule has 2 aromatic carbocycles. The second kappa shape index (κ2) is 6.17. The topological polar surface area (TPSA) is 63.2 Å². The normalized spacial score (nSPS) is 11.2. The van der Waals surface area contributed by atoms with Crippen molar-refractivity contribution in [3.63, 3.8) is 0 Å². The molecule has 0 fully saturated rings. The molecule has 2 aromatic rings. The highest BCUT2D eigenvalue weighted by Gasteiger charge is 2.11. The predicted molar refractivity (Wildman–Crippen MR) is 87.5 cm³/mol. The average molecular weight is 389 g/mol. The van der Waals surface area contributed by atoms with E-state index in [1.54, 1.807) is 42.5 Å². The number of carbonyl (C=O) groups is 1. The van der Waals surface area contributed by atoms with Gasteiger partial charge in [-0.05, 0) is 58.4 Å². The molecule has 7 heteroatoms. The molecule has 0 aliphatic rings. The summed E-state index contributed by atoms with van der Waals surface area (Å²) in [6.07, 6.45) is 1.07. The molecular weight excluding hydrogens is 378 g/mol. The number of halogens is 2. The van der Waals surface area contributed by atoms with E-state index in [0.717, 1.165) is 6.26 Å². The van der Waals surface area contributed by atoms with E-state index in [4.69, 9.17) is 11.6 Å². The summed E-state index contributed by atoms with van der Waals surface area (Å²) in [5, 5.41) is 0.527. The Morgan fingerprint density at radius 2 is 1.67 bits per heavy atom. The van der Waals surface area contributed by atoms with Crippen molar-refractivity contribution in [1.82, 2.24) is 0 Å². The second-order valence-corrected chi connectivity index (χ2v) is 7.42. The summed E-state index contributed by atoms with van der Waals surface area (Å²) in [4.78, 5) is 12.3. The molecule has 2 rings (SSSR count). The third kappa shape index (κ3) is 4.30. The summed E-state index contributed by atoms with van der Waals surface area (Å²) in [6.45, 7) is 0. The van der Waals surface area contributed by atoms with E-state index in [-0.39, 0.29) is 5.78 Å². The number of rotatable bonds is 4. The molecule has 1 N–H and O–H groups in total. The van der Waals surface area contributed by atoms with Gasteiger partial charge < -0.3 is 0 Å². The molecule has 0 radical (unpaired) electrons. The minimum atomic E-state index is -3.33. The van der Waals surface area contributed by atoms with Crippen LogP contribution in [-0.2, 0) is 10.0 Å². The number of benzene rings is 2. The lowest BCUT2D eigenvalue weighted by Crippen LogP contribution is -2.09. The minimum Gasteiger partial charge on any atom is -0.289 e. The van der Waals surface area contributed by atoms with Crippen LogP contribution in [0.2, 0.25) is 5.02 Å². The first-order valence-electron chi connectivity index (χ1n) is 5.84. The van der Waals surface area contributed by atoms with Gasteiger partial charge in [-0.15, -0.1) is 0 Å². The van der Waals surface area contributed by atoms with Crippen LogP contribution in [0.25, 0.3) is 0 Å². The molecule has 4 nitrogen and oxygen atoms in total. The highest BCUT2D eigenvalue weighted by Crippen LogP contribution is 2.24. The molecular formula is C14H11BrClNO3S. The molecule has 0 saturated carbocycles. The SMILES string of the molecule is CS(=O)(=O)Nc1ccc(C(=O)c2ccc(Cl)c(Br)c2)cc1. The Balaban J connectivity index is 2.25. The molecule has 0 aromatic heterocycles. The minimum absolute atomic E-state index is 0.168. The van der Waals surface area contributed by atoms with Crippen LogP contribution in [0.1, 0.15) is 15.9 Å². The largest absolute Gasteiger partial charge is 0.289 e. The van der Waals surface area contributed by atoms with E-state index in [0.29, 0.717) is 26.3 Å². The van der Waals surface area contributed by atoms with E-state index in [1.807, 2.05) is 0 Å². The molecule has 0 spiro atoms. The van der Waals surface area contributed by atoms with E-state index in [9.17, 15) is 13.2 Å². The molecule has 0 amide bonds. The van der Waals surface area contributed by atoms with Crippen LogP contribution in [0.4, 0.5) is 5.69 Å². The summed E-state index contributed by atoms with van der Waals surface area (Å²) >= 11 is 9.16. The van der Waals surface area contributed by atoms with Gasteiger partial charge in [-0.2, -0.15) is 0 Å². The Bertz CT molecular complexity index is 788. The zero-order chi connectivity index (χ0) is 15.6. The van der Waals surface area contributed by atoms with Crippen molar-refractivity contribution < 1.29 is 13.2 Å². The van der Waals surface area contributed by atoms with Gasteiger partial charge in [-0.1, -0.05) is 11.6 Å². The lowest BCUT2D eigenvalue weighted by atomic mass is 10.0. The van der Waals surface area contributed by atoms with Crippen molar-refractivity contribution in [3.8, 4) is 0 Å². The van der Waals surface area contributed by atoms with Crippen LogP contribution in [0, 0.1) is 0 Å². The van der Waals surface area contributed by atoms with Crippen molar-refractivity contribution in [3.05, 3.63) is 63.1 Å². The fraction of sp³-hybridized carbons (Fsp3) is 0.0714. The Hall–Kier alpha value is -1.37. The van der Waals surface area contributed by atoms with Crippen molar-refractivity contribution in [2.75, 3.05) is 11.0 Å². The van der Waals surface area contributed by atoms with Crippen molar-refractivity contribution in [2.24, 2.45) is 0 Å². The third-order valence-corrected chi connectivity index (χ3v) is 4.45. The van der Waals surface area contributed by atoms with Gasteiger partial charge in [0, 0.05) is 21.3 Å². The average Bonchev–Trinajstić information content (AvgIpc) is 2.40. The van der Waals surface area contributed by atoms with E-state index in [1.165, 1.54) is 0 Å². The van der Waals surface area contributed by atoms with E-state index in [2.05, 4.69) is 20.7 Å². The molecule has 0 unspecified atom stereocenters. The van der Waals surface area contributed by atoms with Gasteiger partial charge in [0.1, 0.15) is 0 Å². The number of sulfonamides is 1. The van der Waals surface area contributed by atoms with Crippen LogP contribution >= 0.6 is 27.5 Å². The Kier molecular flexibility index (Phi) is 4.70. The molecule has 0 aliphatic carbocycles. The Morgan fingerprint density at radius 3 is 2.19 bits per heavy atom. The fourth-order valence-electron chi connectivity index (χ4n) is 1.71. The quantitative estimate of drug-likeness (QED) is 0.812. The first-order valence-corrected chi connectivity index (χ1v) is 8.90. The maximum atomic E-state index is 12.3. The van der Waals surface area contributed by atoms with Gasteiger partial charge in [0.25, 0.3) is 0 Å². The number of carbonyl (C=O) groups excluding carboxylic acids is 1. The number of hydrogen-bond acceptors (Lipinski definition) is 3. The van der Waals surface area contributed by atoms with Crippen molar-refractivity contribution in [1.29, 1.82) is 0 Å². The third-order valence-electron chi connectivity index (χ3n) is 2.63. The smallest absolute Gasteiger partial charge is 0.229 e. The fourth-order valence-corrected chi connectivity index (χ4v) is 2.77. The molecule has 0 bridgehead atoms. The first-order chi connectivity index (χ1) is 9.76. The van der Waals surface area contributed by atoms with Gasteiger partial charge in [0.15, 0.2) is 5.78 Å². The zero-order valence-corrected chi connectivity index (χ0v) is 14.1. The summed E-state index contributed by atoms with van der Waals surface area (Å²) in [5.41, 5.74) is 1.37. The van der Waals surface area contributed by atoms with Crippen LogP contribution in [0.3, 0.4) is 0 Å². The number of anilines is 1. The van der Waals surface area contributed by atoms with Crippen molar-refractivity contribution in [2.45, 2.75) is 0 Å². The lowest BCUT2D eigenvalue weighted by molar-refractivity contribution is 0.103. The van der Waals surface area contributed by atoms with Gasteiger partial charge >= 0.3 is 0 Å². The maximum absolute atomic E-state index is 12.3. The molecule has 0 heterocycles. The van der Waals surface area contributed by atoms with Gasteiger partial charge in [-0.3, -0.25) is 9.52 Å². The maximum Gasteiger partial charge on any atom is 0.229 e. The Labute approximate surface area is 136 Å². The molecule has 110 valence electrons. The van der Waals surface area contributed by atoms with Gasteiger partial charge in [0.05, 0.1) is 11.3 Å². The van der Waals surface area contributed by atoms with Crippen LogP contribution in [0.15, 0.2) is 46.9 Å². The van der Waals surface area contributed by atoms with Crippen LogP contribution in [-0.4, -0.2) is 20.5 Å². The number of hydrogen-bond donors (Lipinski definition) is 1. The molecule has 0 atom stereocenters.